The quantitative estimate of drug-likeness (QED) is 0.743. The van der Waals surface area contributed by atoms with E-state index < -0.39 is 0 Å². The molecular formula is C14H22N3O2+. The molecule has 1 aromatic carbocycles. The van der Waals surface area contributed by atoms with Gasteiger partial charge in [-0.2, -0.15) is 0 Å². The number of nitrogens with two attached hydrogens (primary N) is 1. The topological polar surface area (TPSA) is 66.0 Å². The van der Waals surface area contributed by atoms with Crippen LogP contribution in [0.1, 0.15) is 13.8 Å². The third-order valence-electron chi connectivity index (χ3n) is 2.75. The lowest BCUT2D eigenvalue weighted by molar-refractivity contribution is -0.632. The SMILES string of the molecule is CNC(=O)C[NH2+]CC(=O)N(c1ccccc1)C(C)C. The number of benzene rings is 1. The van der Waals surface area contributed by atoms with Crippen LogP contribution in [0.4, 0.5) is 5.69 Å². The Kier molecular flexibility index (Phi) is 6.02. The summed E-state index contributed by atoms with van der Waals surface area (Å²) in [7, 11) is 1.59. The fourth-order valence-corrected chi connectivity index (χ4v) is 1.85. The van der Waals surface area contributed by atoms with E-state index in [0.717, 1.165) is 5.69 Å². The molecule has 0 saturated carbocycles. The van der Waals surface area contributed by atoms with E-state index >= 15 is 0 Å². The fourth-order valence-electron chi connectivity index (χ4n) is 1.85. The molecule has 19 heavy (non-hydrogen) atoms. The second-order valence-corrected chi connectivity index (χ2v) is 4.56. The van der Waals surface area contributed by atoms with Gasteiger partial charge in [0.25, 0.3) is 11.8 Å². The lowest BCUT2D eigenvalue weighted by atomic mass is 10.2. The largest absolute Gasteiger partial charge is 0.354 e. The number of nitrogens with one attached hydrogen (secondary N) is 1. The first-order chi connectivity index (χ1) is 9.06. The highest BCUT2D eigenvalue weighted by Gasteiger charge is 2.20. The van der Waals surface area contributed by atoms with Crippen molar-refractivity contribution in [2.75, 3.05) is 25.0 Å². The Hall–Kier alpha value is -1.88. The second kappa shape index (κ2) is 7.53. The maximum absolute atomic E-state index is 12.2. The van der Waals surface area contributed by atoms with Crippen molar-refractivity contribution in [2.24, 2.45) is 0 Å². The lowest BCUT2D eigenvalue weighted by Crippen LogP contribution is -2.89. The smallest absolute Gasteiger partial charge is 0.282 e. The van der Waals surface area contributed by atoms with Gasteiger partial charge in [0.2, 0.25) is 0 Å². The molecule has 104 valence electrons. The maximum atomic E-state index is 12.2. The van der Waals surface area contributed by atoms with Crippen molar-refractivity contribution in [3.63, 3.8) is 0 Å². The van der Waals surface area contributed by atoms with E-state index in [9.17, 15) is 9.59 Å². The summed E-state index contributed by atoms with van der Waals surface area (Å²) in [5.74, 6) is -0.0753. The molecule has 1 aromatic rings. The van der Waals surface area contributed by atoms with Crippen molar-refractivity contribution in [1.29, 1.82) is 0 Å². The van der Waals surface area contributed by atoms with Gasteiger partial charge in [0.15, 0.2) is 13.1 Å². The average Bonchev–Trinajstić information content (AvgIpc) is 2.39. The summed E-state index contributed by atoms with van der Waals surface area (Å²) in [5.41, 5.74) is 0.885. The molecule has 0 atom stereocenters. The molecule has 2 amide bonds. The van der Waals surface area contributed by atoms with E-state index in [1.165, 1.54) is 0 Å². The van der Waals surface area contributed by atoms with Gasteiger partial charge in [0.05, 0.1) is 0 Å². The third-order valence-corrected chi connectivity index (χ3v) is 2.75. The van der Waals surface area contributed by atoms with Gasteiger partial charge in [-0.25, -0.2) is 0 Å². The van der Waals surface area contributed by atoms with Crippen molar-refractivity contribution in [2.45, 2.75) is 19.9 Å². The van der Waals surface area contributed by atoms with Crippen molar-refractivity contribution in [1.82, 2.24) is 5.32 Å². The molecule has 5 nitrogen and oxygen atoms in total. The minimum Gasteiger partial charge on any atom is -0.354 e. The summed E-state index contributed by atoms with van der Waals surface area (Å²) in [4.78, 5) is 25.1. The number of likely N-dealkylation sites (N-methyl/N-ethyl adjacent to an activating group) is 1. The standard InChI is InChI=1S/C14H21N3O2/c1-11(2)17(12-7-5-4-6-8-12)14(19)10-16-9-13(18)15-3/h4-8,11,16H,9-10H2,1-3H3,(H,15,18)/p+1. The van der Waals surface area contributed by atoms with Crippen LogP contribution in [0.25, 0.3) is 0 Å². The van der Waals surface area contributed by atoms with Crippen LogP contribution in [-0.2, 0) is 9.59 Å². The van der Waals surface area contributed by atoms with Gasteiger partial charge < -0.3 is 15.5 Å². The summed E-state index contributed by atoms with van der Waals surface area (Å²) < 4.78 is 0. The Labute approximate surface area is 114 Å². The molecule has 0 unspecified atom stereocenters. The molecule has 0 bridgehead atoms. The highest BCUT2D eigenvalue weighted by Crippen LogP contribution is 2.15. The van der Waals surface area contributed by atoms with Gasteiger partial charge in [-0.1, -0.05) is 18.2 Å². The molecule has 0 aliphatic heterocycles. The van der Waals surface area contributed by atoms with Crippen molar-refractivity contribution >= 4 is 17.5 Å². The van der Waals surface area contributed by atoms with Crippen LogP contribution in [-0.4, -0.2) is 38.0 Å². The monoisotopic (exact) mass is 264 g/mol. The molecule has 0 fully saturated rings. The van der Waals surface area contributed by atoms with E-state index in [-0.39, 0.29) is 30.9 Å². The number of para-hydroxylation sites is 1. The third kappa shape index (κ3) is 4.71. The van der Waals surface area contributed by atoms with Crippen LogP contribution in [0.15, 0.2) is 30.3 Å². The van der Waals surface area contributed by atoms with Crippen molar-refractivity contribution in [3.05, 3.63) is 30.3 Å². The zero-order valence-corrected chi connectivity index (χ0v) is 11.7. The number of quaternary nitrogens is 1. The normalized spacial score (nSPS) is 10.3. The van der Waals surface area contributed by atoms with Crippen LogP contribution in [0.5, 0.6) is 0 Å². The summed E-state index contributed by atoms with van der Waals surface area (Å²) in [6.45, 7) is 4.48. The number of nitrogens with zero attached hydrogens (tertiary/aromatic N) is 1. The Morgan fingerprint density at radius 2 is 1.84 bits per heavy atom. The van der Waals surface area contributed by atoms with Crippen LogP contribution in [0.2, 0.25) is 0 Å². The van der Waals surface area contributed by atoms with E-state index in [1.54, 1.807) is 17.3 Å². The van der Waals surface area contributed by atoms with E-state index in [0.29, 0.717) is 0 Å². The molecule has 0 aromatic heterocycles. The molecule has 0 aliphatic rings. The van der Waals surface area contributed by atoms with Crippen molar-refractivity contribution < 1.29 is 14.9 Å². The summed E-state index contributed by atoms with van der Waals surface area (Å²) in [6, 6.07) is 9.65. The number of rotatable bonds is 6. The number of anilines is 1. The number of amides is 2. The van der Waals surface area contributed by atoms with Gasteiger partial charge in [0, 0.05) is 18.8 Å². The Morgan fingerprint density at radius 1 is 1.21 bits per heavy atom. The number of hydrogen-bond donors (Lipinski definition) is 2. The summed E-state index contributed by atoms with van der Waals surface area (Å²) >= 11 is 0. The fraction of sp³-hybridized carbons (Fsp3) is 0.429. The number of carbonyl (C=O) groups excluding carboxylic acids is 2. The highest BCUT2D eigenvalue weighted by atomic mass is 16.2. The zero-order chi connectivity index (χ0) is 14.3. The lowest BCUT2D eigenvalue weighted by Gasteiger charge is -2.26. The van der Waals surface area contributed by atoms with Crippen molar-refractivity contribution in [3.8, 4) is 0 Å². The van der Waals surface area contributed by atoms with Gasteiger partial charge in [-0.05, 0) is 26.0 Å². The van der Waals surface area contributed by atoms with Gasteiger partial charge >= 0.3 is 0 Å². The van der Waals surface area contributed by atoms with E-state index in [2.05, 4.69) is 5.32 Å². The predicted molar refractivity (Wildman–Crippen MR) is 74.8 cm³/mol. The Balaban J connectivity index is 2.62. The first-order valence-corrected chi connectivity index (χ1v) is 6.45. The van der Waals surface area contributed by atoms with E-state index in [4.69, 9.17) is 0 Å². The molecule has 3 N–H and O–H groups in total. The predicted octanol–water partition coefficient (Wildman–Crippen LogP) is -0.263. The first kappa shape index (κ1) is 15.2. The molecular weight excluding hydrogens is 242 g/mol. The molecule has 0 aliphatic carbocycles. The second-order valence-electron chi connectivity index (χ2n) is 4.56. The molecule has 0 heterocycles. The minimum atomic E-state index is -0.0800. The molecule has 0 spiro atoms. The van der Waals surface area contributed by atoms with Crippen LogP contribution >= 0.6 is 0 Å². The molecule has 0 saturated heterocycles. The average molecular weight is 264 g/mol. The Bertz CT molecular complexity index is 418. The van der Waals surface area contributed by atoms with E-state index in [1.807, 2.05) is 44.2 Å². The van der Waals surface area contributed by atoms with Gasteiger partial charge in [0.1, 0.15) is 0 Å². The van der Waals surface area contributed by atoms with Gasteiger partial charge in [-0.3, -0.25) is 9.59 Å². The van der Waals surface area contributed by atoms with Crippen LogP contribution in [0, 0.1) is 0 Å². The maximum Gasteiger partial charge on any atom is 0.282 e. The summed E-state index contributed by atoms with van der Waals surface area (Å²) in [6.07, 6.45) is 0. The number of hydrogen-bond acceptors (Lipinski definition) is 2. The highest BCUT2D eigenvalue weighted by molar-refractivity contribution is 5.94. The van der Waals surface area contributed by atoms with Crippen LogP contribution in [0.3, 0.4) is 0 Å². The summed E-state index contributed by atoms with van der Waals surface area (Å²) in [5, 5.41) is 4.24. The molecule has 0 radical (unpaired) electrons. The minimum absolute atomic E-state index is 0.00473. The molecule has 5 heteroatoms. The first-order valence-electron chi connectivity index (χ1n) is 6.45. The van der Waals surface area contributed by atoms with Gasteiger partial charge in [-0.15, -0.1) is 0 Å². The number of carbonyl (C=O) groups is 2. The Morgan fingerprint density at radius 3 is 2.37 bits per heavy atom. The zero-order valence-electron chi connectivity index (χ0n) is 11.7. The van der Waals surface area contributed by atoms with Crippen LogP contribution < -0.4 is 15.5 Å². The molecule has 1 rings (SSSR count).